The average Bonchev–Trinajstić information content (AvgIpc) is 1.95. The maximum absolute atomic E-state index is 9.26. The Kier molecular flexibility index (Phi) is 1.52. The van der Waals surface area contributed by atoms with Gasteiger partial charge in [-0.25, -0.2) is 0 Å². The zero-order valence-electron chi connectivity index (χ0n) is 6.03. The molecule has 1 fully saturated rings. The van der Waals surface area contributed by atoms with Crippen molar-refractivity contribution in [2.45, 2.75) is 31.3 Å². The summed E-state index contributed by atoms with van der Waals surface area (Å²) in [6.45, 7) is 2.69. The molecule has 0 aliphatic carbocycles. The van der Waals surface area contributed by atoms with E-state index < -0.39 is 17.5 Å². The summed E-state index contributed by atoms with van der Waals surface area (Å²) in [6, 6.07) is 0. The van der Waals surface area contributed by atoms with E-state index >= 15 is 0 Å². The first-order valence-electron chi connectivity index (χ1n) is 3.13. The molecule has 1 aliphatic heterocycles. The van der Waals surface area contributed by atoms with Crippen LogP contribution in [0.2, 0.25) is 0 Å². The van der Waals surface area contributed by atoms with Crippen LogP contribution in [0.25, 0.3) is 0 Å². The molecule has 4 heteroatoms. The number of hydrogen-bond donors (Lipinski definition) is 3. The van der Waals surface area contributed by atoms with Crippen molar-refractivity contribution in [1.29, 1.82) is 0 Å². The Morgan fingerprint density at radius 2 is 1.90 bits per heavy atom. The molecule has 0 radical (unpaired) electrons. The Bertz CT molecular complexity index is 125. The van der Waals surface area contributed by atoms with Gasteiger partial charge in [0.05, 0.1) is 6.61 Å². The van der Waals surface area contributed by atoms with Gasteiger partial charge in [-0.15, -0.1) is 0 Å². The molecule has 1 rings (SSSR count). The van der Waals surface area contributed by atoms with Gasteiger partial charge in [0.1, 0.15) is 11.7 Å². The third-order valence-corrected chi connectivity index (χ3v) is 1.75. The minimum atomic E-state index is -1.61. The van der Waals surface area contributed by atoms with Gasteiger partial charge in [-0.2, -0.15) is 0 Å². The molecule has 1 heterocycles. The summed E-state index contributed by atoms with van der Waals surface area (Å²) in [4.78, 5) is 0. The van der Waals surface area contributed by atoms with Crippen molar-refractivity contribution < 1.29 is 20.1 Å². The van der Waals surface area contributed by atoms with E-state index in [1.165, 1.54) is 13.8 Å². The Morgan fingerprint density at radius 3 is 2.00 bits per heavy atom. The van der Waals surface area contributed by atoms with Crippen molar-refractivity contribution in [3.63, 3.8) is 0 Å². The van der Waals surface area contributed by atoms with Crippen molar-refractivity contribution in [3.05, 3.63) is 0 Å². The first kappa shape index (κ1) is 7.94. The van der Waals surface area contributed by atoms with Gasteiger partial charge in [-0.05, 0) is 13.8 Å². The molecule has 10 heavy (non-hydrogen) atoms. The monoisotopic (exact) mass is 148 g/mol. The smallest absolute Gasteiger partial charge is 0.192 e. The minimum Gasteiger partial charge on any atom is -0.385 e. The van der Waals surface area contributed by atoms with Gasteiger partial charge in [-0.3, -0.25) is 0 Å². The summed E-state index contributed by atoms with van der Waals surface area (Å²) < 4.78 is 4.72. The van der Waals surface area contributed by atoms with Gasteiger partial charge in [0, 0.05) is 0 Å². The summed E-state index contributed by atoms with van der Waals surface area (Å²) in [5, 5.41) is 27.6. The molecule has 1 saturated heterocycles. The fourth-order valence-corrected chi connectivity index (χ4v) is 1.03. The van der Waals surface area contributed by atoms with Crippen LogP contribution in [0.5, 0.6) is 0 Å². The van der Waals surface area contributed by atoms with E-state index in [4.69, 9.17) is 14.9 Å². The average molecular weight is 148 g/mol. The van der Waals surface area contributed by atoms with Gasteiger partial charge >= 0.3 is 0 Å². The topological polar surface area (TPSA) is 69.9 Å². The largest absolute Gasteiger partial charge is 0.385 e. The highest BCUT2D eigenvalue weighted by atomic mass is 16.7. The number of aliphatic hydroxyl groups excluding tert-OH is 1. The molecule has 0 spiro atoms. The van der Waals surface area contributed by atoms with Crippen molar-refractivity contribution in [1.82, 2.24) is 0 Å². The van der Waals surface area contributed by atoms with E-state index in [0.29, 0.717) is 0 Å². The SMILES string of the molecule is C[C@]1(O)OC[C@@](C)(O)[C@H]1O. The number of rotatable bonds is 0. The Labute approximate surface area is 59.1 Å². The van der Waals surface area contributed by atoms with Crippen LogP contribution in [-0.4, -0.2) is 39.4 Å². The van der Waals surface area contributed by atoms with Crippen LogP contribution >= 0.6 is 0 Å². The standard InChI is InChI=1S/C6H12O4/c1-5(8)3-10-6(2,9)4(5)7/h4,7-9H,3H2,1-2H3/t4-,5-,6+/m1/s1. The zero-order chi connectivity index (χ0) is 7.99. The zero-order valence-corrected chi connectivity index (χ0v) is 6.03. The van der Waals surface area contributed by atoms with Crippen LogP contribution in [0.1, 0.15) is 13.8 Å². The van der Waals surface area contributed by atoms with Crippen molar-refractivity contribution in [2.75, 3.05) is 6.61 Å². The van der Waals surface area contributed by atoms with E-state index in [1.807, 2.05) is 0 Å². The first-order valence-corrected chi connectivity index (χ1v) is 3.13. The number of aliphatic hydroxyl groups is 3. The molecule has 3 atom stereocenters. The molecule has 0 saturated carbocycles. The molecule has 0 aromatic heterocycles. The Hall–Kier alpha value is -0.160. The summed E-state index contributed by atoms with van der Waals surface area (Å²) >= 11 is 0. The maximum atomic E-state index is 9.26. The highest BCUT2D eigenvalue weighted by Gasteiger charge is 2.51. The molecule has 3 N–H and O–H groups in total. The lowest BCUT2D eigenvalue weighted by Crippen LogP contribution is -2.46. The van der Waals surface area contributed by atoms with Gasteiger partial charge in [0.15, 0.2) is 5.79 Å². The van der Waals surface area contributed by atoms with E-state index in [0.717, 1.165) is 0 Å². The molecule has 0 bridgehead atoms. The molecule has 0 aromatic rings. The summed E-state index contributed by atoms with van der Waals surface area (Å²) in [7, 11) is 0. The van der Waals surface area contributed by atoms with Gasteiger partial charge in [0.25, 0.3) is 0 Å². The highest BCUT2D eigenvalue weighted by molar-refractivity contribution is 4.95. The lowest BCUT2D eigenvalue weighted by molar-refractivity contribution is -0.204. The van der Waals surface area contributed by atoms with Crippen LogP contribution in [-0.2, 0) is 4.74 Å². The van der Waals surface area contributed by atoms with Gasteiger partial charge in [-0.1, -0.05) is 0 Å². The second-order valence-corrected chi connectivity index (χ2v) is 3.10. The molecular weight excluding hydrogens is 136 g/mol. The highest BCUT2D eigenvalue weighted by Crippen LogP contribution is 2.30. The van der Waals surface area contributed by atoms with E-state index in [-0.39, 0.29) is 6.61 Å². The molecule has 0 aromatic carbocycles. The molecule has 0 unspecified atom stereocenters. The summed E-state index contributed by atoms with van der Waals surface area (Å²) in [6.07, 6.45) is -1.24. The van der Waals surface area contributed by atoms with Crippen molar-refractivity contribution >= 4 is 0 Å². The Morgan fingerprint density at radius 1 is 1.40 bits per heavy atom. The molecule has 60 valence electrons. The molecule has 4 nitrogen and oxygen atoms in total. The normalized spacial score (nSPS) is 55.5. The van der Waals surface area contributed by atoms with E-state index in [9.17, 15) is 5.11 Å². The second kappa shape index (κ2) is 1.92. The molecular formula is C6H12O4. The predicted molar refractivity (Wildman–Crippen MR) is 33.2 cm³/mol. The number of hydrogen-bond acceptors (Lipinski definition) is 4. The number of ether oxygens (including phenoxy) is 1. The Balaban J connectivity index is 2.77. The first-order chi connectivity index (χ1) is 4.36. The molecule has 0 amide bonds. The van der Waals surface area contributed by atoms with Crippen LogP contribution in [0, 0.1) is 0 Å². The third-order valence-electron chi connectivity index (χ3n) is 1.75. The quantitative estimate of drug-likeness (QED) is 0.405. The molecule has 1 aliphatic rings. The van der Waals surface area contributed by atoms with Crippen LogP contribution in [0.15, 0.2) is 0 Å². The maximum Gasteiger partial charge on any atom is 0.192 e. The van der Waals surface area contributed by atoms with Gasteiger partial charge < -0.3 is 20.1 Å². The van der Waals surface area contributed by atoms with Crippen LogP contribution in [0.3, 0.4) is 0 Å². The van der Waals surface area contributed by atoms with Crippen molar-refractivity contribution in [3.8, 4) is 0 Å². The predicted octanol–water partition coefficient (Wildman–Crippen LogP) is -1.16. The third kappa shape index (κ3) is 1.03. The fourth-order valence-electron chi connectivity index (χ4n) is 1.03. The summed E-state index contributed by atoms with van der Waals surface area (Å²) in [5.74, 6) is -1.61. The van der Waals surface area contributed by atoms with E-state index in [1.54, 1.807) is 0 Å². The lowest BCUT2D eigenvalue weighted by atomic mass is 9.98. The minimum absolute atomic E-state index is 0.0405. The second-order valence-electron chi connectivity index (χ2n) is 3.10. The van der Waals surface area contributed by atoms with Crippen LogP contribution < -0.4 is 0 Å². The van der Waals surface area contributed by atoms with E-state index in [2.05, 4.69) is 0 Å². The van der Waals surface area contributed by atoms with Crippen molar-refractivity contribution in [2.24, 2.45) is 0 Å². The summed E-state index contributed by atoms with van der Waals surface area (Å²) in [5.41, 5.74) is -1.33. The van der Waals surface area contributed by atoms with Crippen LogP contribution in [0.4, 0.5) is 0 Å². The fraction of sp³-hybridized carbons (Fsp3) is 1.00. The lowest BCUT2D eigenvalue weighted by Gasteiger charge is -2.24. The van der Waals surface area contributed by atoms with Gasteiger partial charge in [0.2, 0.25) is 0 Å².